The number of halogens is 2. The first-order valence-electron chi connectivity index (χ1n) is 6.44. The lowest BCUT2D eigenvalue weighted by Crippen LogP contribution is -2.14. The molecule has 3 nitrogen and oxygen atoms in total. The molecule has 5 heteroatoms. The molecule has 2 heterocycles. The zero-order valence-corrected chi connectivity index (χ0v) is 13.2. The first-order valence-corrected chi connectivity index (χ1v) is 7.77. The Morgan fingerprint density at radius 3 is 3.00 bits per heavy atom. The molecule has 2 aromatic heterocycles. The van der Waals surface area contributed by atoms with Crippen LogP contribution in [0.5, 0.6) is 0 Å². The van der Waals surface area contributed by atoms with Crippen molar-refractivity contribution < 1.29 is 0 Å². The van der Waals surface area contributed by atoms with Gasteiger partial charge in [-0.1, -0.05) is 13.3 Å². The molecule has 1 unspecified atom stereocenters. The third-order valence-corrected chi connectivity index (χ3v) is 3.87. The summed E-state index contributed by atoms with van der Waals surface area (Å²) >= 11 is 9.23. The van der Waals surface area contributed by atoms with Crippen LogP contribution in [-0.2, 0) is 0 Å². The number of nitrogens with zero attached hydrogens (tertiary/aromatic N) is 2. The van der Waals surface area contributed by atoms with Crippen LogP contribution in [0.2, 0.25) is 0 Å². The van der Waals surface area contributed by atoms with Crippen molar-refractivity contribution in [2.24, 2.45) is 5.92 Å². The van der Waals surface area contributed by atoms with Gasteiger partial charge in [-0.2, -0.15) is 0 Å². The molecule has 0 saturated heterocycles. The highest BCUT2D eigenvalue weighted by molar-refractivity contribution is 9.10. The molecular formula is C14H17BrClN3. The summed E-state index contributed by atoms with van der Waals surface area (Å²) in [6, 6.07) is 3.94. The molecular weight excluding hydrogens is 326 g/mol. The van der Waals surface area contributed by atoms with Gasteiger partial charge < -0.3 is 5.32 Å². The number of aromatic nitrogens is 2. The largest absolute Gasteiger partial charge is 0.383 e. The third kappa shape index (κ3) is 3.80. The van der Waals surface area contributed by atoms with Crippen LogP contribution < -0.4 is 5.32 Å². The highest BCUT2D eigenvalue weighted by Crippen LogP contribution is 2.22. The smallest absolute Gasteiger partial charge is 0.112 e. The molecule has 0 aromatic carbocycles. The van der Waals surface area contributed by atoms with Crippen molar-refractivity contribution in [3.05, 3.63) is 29.0 Å². The summed E-state index contributed by atoms with van der Waals surface area (Å²) in [5.41, 5.74) is 2.83. The van der Waals surface area contributed by atoms with E-state index in [0.29, 0.717) is 11.8 Å². The Kier molecular flexibility index (Phi) is 5.40. The van der Waals surface area contributed by atoms with Gasteiger partial charge in [-0.05, 0) is 40.4 Å². The third-order valence-electron chi connectivity index (χ3n) is 3.22. The summed E-state index contributed by atoms with van der Waals surface area (Å²) in [7, 11) is 0. The molecule has 0 fully saturated rings. The quantitative estimate of drug-likeness (QED) is 0.788. The molecule has 0 amide bonds. The van der Waals surface area contributed by atoms with Crippen molar-refractivity contribution in [1.29, 1.82) is 0 Å². The molecule has 0 saturated carbocycles. The van der Waals surface area contributed by atoms with Crippen LogP contribution in [0.25, 0.3) is 11.0 Å². The monoisotopic (exact) mass is 341 g/mol. The number of anilines is 1. The van der Waals surface area contributed by atoms with Gasteiger partial charge in [0.05, 0.1) is 11.2 Å². The lowest BCUT2D eigenvalue weighted by atomic mass is 10.0. The van der Waals surface area contributed by atoms with Gasteiger partial charge >= 0.3 is 0 Å². The Balaban J connectivity index is 2.16. The van der Waals surface area contributed by atoms with Crippen LogP contribution in [0.3, 0.4) is 0 Å². The number of nitrogens with one attached hydrogen (secondary N) is 1. The zero-order valence-electron chi connectivity index (χ0n) is 10.9. The molecule has 2 rings (SSSR count). The fraction of sp³-hybridized carbons (Fsp3) is 0.429. The summed E-state index contributed by atoms with van der Waals surface area (Å²) in [6.07, 6.45) is 5.77. The number of rotatable bonds is 6. The van der Waals surface area contributed by atoms with E-state index in [0.717, 1.165) is 40.6 Å². The van der Waals surface area contributed by atoms with E-state index in [9.17, 15) is 0 Å². The average molecular weight is 343 g/mol. The summed E-state index contributed by atoms with van der Waals surface area (Å²) in [6.45, 7) is 3.11. The summed E-state index contributed by atoms with van der Waals surface area (Å²) in [5.74, 6) is 1.30. The van der Waals surface area contributed by atoms with Gasteiger partial charge in [0.15, 0.2) is 0 Å². The van der Waals surface area contributed by atoms with E-state index in [4.69, 9.17) is 11.6 Å². The second-order valence-corrected chi connectivity index (χ2v) is 5.81. The van der Waals surface area contributed by atoms with E-state index in [1.54, 1.807) is 12.4 Å². The highest BCUT2D eigenvalue weighted by Gasteiger charge is 2.08. The van der Waals surface area contributed by atoms with Gasteiger partial charge in [0.25, 0.3) is 0 Å². The van der Waals surface area contributed by atoms with Gasteiger partial charge in [-0.15, -0.1) is 11.6 Å². The standard InChI is InChI=1S/C14H17BrClN3/c1-2-10(3-5-16)8-18-12-4-6-17-13-7-11(15)9-19-14(12)13/h4,6-7,9-10H,2-3,5,8H2,1H3,(H,17,18). The van der Waals surface area contributed by atoms with Crippen LogP contribution in [0.1, 0.15) is 19.8 Å². The molecule has 102 valence electrons. The van der Waals surface area contributed by atoms with E-state index < -0.39 is 0 Å². The molecule has 2 aromatic rings. The Morgan fingerprint density at radius 1 is 1.42 bits per heavy atom. The van der Waals surface area contributed by atoms with Gasteiger partial charge in [-0.25, -0.2) is 0 Å². The van der Waals surface area contributed by atoms with Crippen LogP contribution in [0.15, 0.2) is 29.0 Å². The summed E-state index contributed by atoms with van der Waals surface area (Å²) < 4.78 is 0.943. The molecule has 1 N–H and O–H groups in total. The van der Waals surface area contributed by atoms with E-state index >= 15 is 0 Å². The van der Waals surface area contributed by atoms with Crippen molar-refractivity contribution in [3.8, 4) is 0 Å². The van der Waals surface area contributed by atoms with E-state index in [1.165, 1.54) is 0 Å². The minimum Gasteiger partial charge on any atom is -0.383 e. The maximum Gasteiger partial charge on any atom is 0.112 e. The van der Waals surface area contributed by atoms with E-state index in [-0.39, 0.29) is 0 Å². The summed E-state index contributed by atoms with van der Waals surface area (Å²) in [5, 5.41) is 3.47. The number of alkyl halides is 1. The Labute approximate surface area is 126 Å². The molecule has 19 heavy (non-hydrogen) atoms. The molecule has 0 aliphatic heterocycles. The first-order chi connectivity index (χ1) is 9.24. The fourth-order valence-corrected chi connectivity index (χ4v) is 2.64. The van der Waals surface area contributed by atoms with Gasteiger partial charge in [0.1, 0.15) is 5.52 Å². The maximum atomic E-state index is 5.81. The molecule has 0 radical (unpaired) electrons. The van der Waals surface area contributed by atoms with Crippen LogP contribution in [0.4, 0.5) is 5.69 Å². The highest BCUT2D eigenvalue weighted by atomic mass is 79.9. The lowest BCUT2D eigenvalue weighted by Gasteiger charge is -2.15. The number of fused-ring (bicyclic) bond motifs is 1. The van der Waals surface area contributed by atoms with Crippen molar-refractivity contribution in [2.75, 3.05) is 17.7 Å². The first kappa shape index (κ1) is 14.5. The minimum absolute atomic E-state index is 0.594. The van der Waals surface area contributed by atoms with Crippen molar-refractivity contribution in [2.45, 2.75) is 19.8 Å². The predicted octanol–water partition coefficient (Wildman–Crippen LogP) is 4.46. The second-order valence-electron chi connectivity index (χ2n) is 4.51. The Hall–Kier alpha value is -0.870. The number of pyridine rings is 2. The summed E-state index contributed by atoms with van der Waals surface area (Å²) in [4.78, 5) is 8.77. The van der Waals surface area contributed by atoms with Crippen molar-refractivity contribution in [1.82, 2.24) is 9.97 Å². The molecule has 0 bridgehead atoms. The fourth-order valence-electron chi connectivity index (χ4n) is 2.01. The Morgan fingerprint density at radius 2 is 2.26 bits per heavy atom. The Bertz CT molecular complexity index is 547. The number of hydrogen-bond donors (Lipinski definition) is 1. The van der Waals surface area contributed by atoms with Crippen LogP contribution >= 0.6 is 27.5 Å². The van der Waals surface area contributed by atoms with Gasteiger partial charge in [0.2, 0.25) is 0 Å². The second kappa shape index (κ2) is 7.06. The SMILES string of the molecule is CCC(CCCl)CNc1ccnc2cc(Br)cnc12. The zero-order chi connectivity index (χ0) is 13.7. The topological polar surface area (TPSA) is 37.8 Å². The van der Waals surface area contributed by atoms with Crippen LogP contribution in [-0.4, -0.2) is 22.4 Å². The van der Waals surface area contributed by atoms with E-state index in [1.807, 2.05) is 12.1 Å². The predicted molar refractivity (Wildman–Crippen MR) is 84.8 cm³/mol. The molecule has 1 atom stereocenters. The lowest BCUT2D eigenvalue weighted by molar-refractivity contribution is 0.522. The average Bonchev–Trinajstić information content (AvgIpc) is 2.43. The van der Waals surface area contributed by atoms with E-state index in [2.05, 4.69) is 38.1 Å². The van der Waals surface area contributed by atoms with Crippen LogP contribution in [0, 0.1) is 5.92 Å². The minimum atomic E-state index is 0.594. The van der Waals surface area contributed by atoms with Gasteiger partial charge in [-0.3, -0.25) is 9.97 Å². The van der Waals surface area contributed by atoms with Crippen molar-refractivity contribution >= 4 is 44.3 Å². The normalized spacial score (nSPS) is 12.6. The van der Waals surface area contributed by atoms with Gasteiger partial charge in [0, 0.05) is 29.3 Å². The molecule has 0 aliphatic rings. The number of hydrogen-bond acceptors (Lipinski definition) is 3. The molecule has 0 aliphatic carbocycles. The van der Waals surface area contributed by atoms with Crippen molar-refractivity contribution in [3.63, 3.8) is 0 Å². The maximum absolute atomic E-state index is 5.81. The molecule has 0 spiro atoms.